The molecule has 0 radical (unpaired) electrons. The third-order valence-corrected chi connectivity index (χ3v) is 5.86. The molecular formula is C20H20N4O2S2. The molecular weight excluding hydrogens is 392 g/mol. The minimum Gasteiger partial charge on any atom is -0.325 e. The number of carbonyl (C=O) groups excluding carboxylic acids is 2. The van der Waals surface area contributed by atoms with Crippen LogP contribution < -0.4 is 10.6 Å². The fourth-order valence-electron chi connectivity index (χ4n) is 2.54. The highest BCUT2D eigenvalue weighted by atomic mass is 32.2. The highest BCUT2D eigenvalue weighted by Crippen LogP contribution is 2.26. The summed E-state index contributed by atoms with van der Waals surface area (Å²) in [7, 11) is 0. The Morgan fingerprint density at radius 3 is 2.54 bits per heavy atom. The van der Waals surface area contributed by atoms with Gasteiger partial charge < -0.3 is 5.32 Å². The van der Waals surface area contributed by atoms with Crippen molar-refractivity contribution in [2.75, 3.05) is 16.4 Å². The molecule has 0 aliphatic heterocycles. The Bertz CT molecular complexity index is 1020. The van der Waals surface area contributed by atoms with Crippen LogP contribution >= 0.6 is 23.1 Å². The zero-order chi connectivity index (χ0) is 20.1. The Labute approximate surface area is 171 Å². The van der Waals surface area contributed by atoms with Crippen LogP contribution in [-0.2, 0) is 4.79 Å². The first kappa shape index (κ1) is 20.0. The molecule has 2 N–H and O–H groups in total. The standard InChI is InChI=1S/C20H20N4O2S2/c1-12-5-4-6-15(10-12)18(26)22-19-23-24-20(28-19)27-11-17(25)21-16-8-7-13(2)9-14(16)3/h4-10H,11H2,1-3H3,(H,21,25)(H,22,23,26). The molecule has 0 bridgehead atoms. The third-order valence-electron chi connectivity index (χ3n) is 3.89. The maximum absolute atomic E-state index is 12.3. The van der Waals surface area contributed by atoms with Gasteiger partial charge >= 0.3 is 0 Å². The molecule has 0 aliphatic rings. The van der Waals surface area contributed by atoms with Gasteiger partial charge in [0.15, 0.2) is 4.34 Å². The zero-order valence-corrected chi connectivity index (χ0v) is 17.4. The summed E-state index contributed by atoms with van der Waals surface area (Å²) in [5, 5.41) is 14.0. The number of nitrogens with zero attached hydrogens (tertiary/aromatic N) is 2. The van der Waals surface area contributed by atoms with Crippen LogP contribution in [0.5, 0.6) is 0 Å². The van der Waals surface area contributed by atoms with E-state index in [1.54, 1.807) is 6.07 Å². The summed E-state index contributed by atoms with van der Waals surface area (Å²) in [5.74, 6) is -0.130. The quantitative estimate of drug-likeness (QED) is 0.462. The van der Waals surface area contributed by atoms with Crippen molar-refractivity contribution < 1.29 is 9.59 Å². The van der Waals surface area contributed by atoms with E-state index < -0.39 is 0 Å². The Balaban J connectivity index is 1.53. The SMILES string of the molecule is Cc1cccc(C(=O)Nc2nnc(SCC(=O)Nc3ccc(C)cc3C)s2)c1. The second-order valence-electron chi connectivity index (χ2n) is 6.35. The molecule has 0 atom stereocenters. The highest BCUT2D eigenvalue weighted by Gasteiger charge is 2.12. The minimum absolute atomic E-state index is 0.113. The minimum atomic E-state index is -0.232. The number of amides is 2. The van der Waals surface area contributed by atoms with E-state index >= 15 is 0 Å². The fourth-order valence-corrected chi connectivity index (χ4v) is 4.09. The second-order valence-corrected chi connectivity index (χ2v) is 8.55. The van der Waals surface area contributed by atoms with Crippen molar-refractivity contribution in [2.24, 2.45) is 0 Å². The lowest BCUT2D eigenvalue weighted by molar-refractivity contribution is -0.113. The first-order valence-electron chi connectivity index (χ1n) is 8.62. The zero-order valence-electron chi connectivity index (χ0n) is 15.8. The fraction of sp³-hybridized carbons (Fsp3) is 0.200. The molecule has 3 rings (SSSR count). The van der Waals surface area contributed by atoms with Crippen molar-refractivity contribution in [1.29, 1.82) is 0 Å². The van der Waals surface area contributed by atoms with Crippen LogP contribution in [0.2, 0.25) is 0 Å². The maximum Gasteiger partial charge on any atom is 0.257 e. The first-order valence-corrected chi connectivity index (χ1v) is 10.4. The lowest BCUT2D eigenvalue weighted by Crippen LogP contribution is -2.14. The van der Waals surface area contributed by atoms with Crippen molar-refractivity contribution >= 4 is 45.7 Å². The van der Waals surface area contributed by atoms with E-state index in [4.69, 9.17) is 0 Å². The van der Waals surface area contributed by atoms with Crippen LogP contribution in [0.3, 0.4) is 0 Å². The van der Waals surface area contributed by atoms with Crippen molar-refractivity contribution in [2.45, 2.75) is 25.1 Å². The molecule has 8 heteroatoms. The predicted molar refractivity (Wildman–Crippen MR) is 114 cm³/mol. The second kappa shape index (κ2) is 8.99. The Morgan fingerprint density at radius 1 is 1.00 bits per heavy atom. The Morgan fingerprint density at radius 2 is 1.79 bits per heavy atom. The van der Waals surface area contributed by atoms with Gasteiger partial charge in [-0.05, 0) is 44.5 Å². The highest BCUT2D eigenvalue weighted by molar-refractivity contribution is 8.01. The number of aromatic nitrogens is 2. The van der Waals surface area contributed by atoms with Gasteiger partial charge in [-0.2, -0.15) is 0 Å². The van der Waals surface area contributed by atoms with Crippen LogP contribution in [0.25, 0.3) is 0 Å². The number of hydrogen-bond donors (Lipinski definition) is 2. The van der Waals surface area contributed by atoms with E-state index in [0.717, 1.165) is 22.4 Å². The summed E-state index contributed by atoms with van der Waals surface area (Å²) in [4.78, 5) is 24.4. The van der Waals surface area contributed by atoms with Gasteiger partial charge in [-0.15, -0.1) is 10.2 Å². The average molecular weight is 413 g/mol. The lowest BCUT2D eigenvalue weighted by atomic mass is 10.1. The third kappa shape index (κ3) is 5.40. The number of nitrogens with one attached hydrogen (secondary N) is 2. The van der Waals surface area contributed by atoms with Gasteiger partial charge in [0.2, 0.25) is 11.0 Å². The molecule has 2 amide bonds. The molecule has 0 fully saturated rings. The van der Waals surface area contributed by atoms with Crippen LogP contribution in [0.15, 0.2) is 46.8 Å². The van der Waals surface area contributed by atoms with Crippen LogP contribution in [0.1, 0.15) is 27.0 Å². The van der Waals surface area contributed by atoms with E-state index in [1.807, 2.05) is 57.2 Å². The van der Waals surface area contributed by atoms with Gasteiger partial charge in [-0.25, -0.2) is 0 Å². The van der Waals surface area contributed by atoms with E-state index in [2.05, 4.69) is 20.8 Å². The van der Waals surface area contributed by atoms with Crippen LogP contribution in [0.4, 0.5) is 10.8 Å². The Hall–Kier alpha value is -2.71. The molecule has 6 nitrogen and oxygen atoms in total. The molecule has 144 valence electrons. The van der Waals surface area contributed by atoms with Gasteiger partial charge in [-0.3, -0.25) is 14.9 Å². The molecule has 2 aromatic carbocycles. The topological polar surface area (TPSA) is 84.0 Å². The Kier molecular flexibility index (Phi) is 6.43. The summed E-state index contributed by atoms with van der Waals surface area (Å²) >= 11 is 2.53. The van der Waals surface area contributed by atoms with Crippen molar-refractivity contribution in [3.05, 3.63) is 64.7 Å². The van der Waals surface area contributed by atoms with Crippen LogP contribution in [-0.4, -0.2) is 27.8 Å². The number of hydrogen-bond acceptors (Lipinski definition) is 6. The largest absolute Gasteiger partial charge is 0.325 e. The van der Waals surface area contributed by atoms with Crippen molar-refractivity contribution in [1.82, 2.24) is 10.2 Å². The summed E-state index contributed by atoms with van der Waals surface area (Å²) in [6.45, 7) is 5.91. The van der Waals surface area contributed by atoms with Crippen molar-refractivity contribution in [3.8, 4) is 0 Å². The van der Waals surface area contributed by atoms with E-state index in [1.165, 1.54) is 23.1 Å². The first-order chi connectivity index (χ1) is 13.4. The van der Waals surface area contributed by atoms with Crippen LogP contribution in [0, 0.1) is 20.8 Å². The molecule has 1 aromatic heterocycles. The maximum atomic E-state index is 12.3. The molecule has 3 aromatic rings. The number of rotatable bonds is 6. The summed E-state index contributed by atoms with van der Waals surface area (Å²) in [6.07, 6.45) is 0. The lowest BCUT2D eigenvalue weighted by Gasteiger charge is -2.08. The molecule has 0 aliphatic carbocycles. The van der Waals surface area contributed by atoms with E-state index in [0.29, 0.717) is 15.0 Å². The normalized spacial score (nSPS) is 10.5. The van der Waals surface area contributed by atoms with Gasteiger partial charge in [0.1, 0.15) is 0 Å². The number of benzene rings is 2. The van der Waals surface area contributed by atoms with Gasteiger partial charge in [-0.1, -0.05) is 58.5 Å². The molecule has 0 saturated heterocycles. The predicted octanol–water partition coefficient (Wildman–Crippen LogP) is 4.45. The average Bonchev–Trinajstić information content (AvgIpc) is 3.10. The number of thioether (sulfide) groups is 1. The number of aryl methyl sites for hydroxylation is 3. The van der Waals surface area contributed by atoms with Gasteiger partial charge in [0.05, 0.1) is 5.75 Å². The monoisotopic (exact) mass is 412 g/mol. The molecule has 0 saturated carbocycles. The smallest absolute Gasteiger partial charge is 0.257 e. The number of anilines is 2. The molecule has 1 heterocycles. The van der Waals surface area contributed by atoms with Crippen molar-refractivity contribution in [3.63, 3.8) is 0 Å². The van der Waals surface area contributed by atoms with E-state index in [-0.39, 0.29) is 17.6 Å². The van der Waals surface area contributed by atoms with Gasteiger partial charge in [0.25, 0.3) is 5.91 Å². The molecule has 0 spiro atoms. The summed E-state index contributed by atoms with van der Waals surface area (Å²) in [5.41, 5.74) is 4.56. The van der Waals surface area contributed by atoms with E-state index in [9.17, 15) is 9.59 Å². The number of carbonyl (C=O) groups is 2. The summed E-state index contributed by atoms with van der Waals surface area (Å²) in [6, 6.07) is 13.2. The summed E-state index contributed by atoms with van der Waals surface area (Å²) < 4.78 is 0.621. The molecule has 28 heavy (non-hydrogen) atoms. The molecule has 0 unspecified atom stereocenters. The van der Waals surface area contributed by atoms with Gasteiger partial charge in [0, 0.05) is 11.3 Å².